The van der Waals surface area contributed by atoms with Gasteiger partial charge >= 0.3 is 0 Å². The molecule has 2 aliphatic carbocycles. The molecule has 2 N–H and O–H groups in total. The number of hydrogen-bond acceptors (Lipinski definition) is 10. The molecule has 1 saturated carbocycles. The molecule has 15 nitrogen and oxygen atoms in total. The zero-order valence-corrected chi connectivity index (χ0v) is 35.5. The number of alkyl halides is 6. The number of hydrogen-bond donors (Lipinski definition) is 2. The summed E-state index contributed by atoms with van der Waals surface area (Å²) in [6.45, 7) is -2.25. The van der Waals surface area contributed by atoms with E-state index < -0.39 is 112 Å². The number of carbonyl (C=O) groups excluding carboxylic acids is 1. The van der Waals surface area contributed by atoms with Gasteiger partial charge in [-0.3, -0.25) is 28.2 Å². The number of ether oxygens (including phenoxy) is 1. The van der Waals surface area contributed by atoms with Crippen molar-refractivity contribution < 1.29 is 53.1 Å². The molecule has 3 atom stereocenters. The maximum atomic E-state index is 15.6. The van der Waals surface area contributed by atoms with Crippen molar-refractivity contribution in [1.29, 1.82) is 0 Å². The predicted octanol–water partition coefficient (Wildman–Crippen LogP) is 7.21. The van der Waals surface area contributed by atoms with E-state index >= 15 is 13.6 Å². The van der Waals surface area contributed by atoms with E-state index in [0.29, 0.717) is 26.7 Å². The fraction of sp³-hybridized carbons (Fsp3) is 0.293. The Balaban J connectivity index is 1.28. The first-order valence-electron chi connectivity index (χ1n) is 19.6. The number of fused-ring (bicyclic) bond motifs is 5. The second-order valence-corrected chi connectivity index (χ2v) is 17.8. The summed E-state index contributed by atoms with van der Waals surface area (Å²) in [7, 11) is -2.74. The average molecular weight is 963 g/mol. The van der Waals surface area contributed by atoms with Gasteiger partial charge in [0.1, 0.15) is 41.9 Å². The van der Waals surface area contributed by atoms with Gasteiger partial charge in [0.2, 0.25) is 15.9 Å². The van der Waals surface area contributed by atoms with Crippen molar-refractivity contribution in [2.75, 3.05) is 18.1 Å². The summed E-state index contributed by atoms with van der Waals surface area (Å²) in [5.74, 6) is -9.56. The zero-order chi connectivity index (χ0) is 47.1. The fourth-order valence-corrected chi connectivity index (χ4v) is 9.19. The summed E-state index contributed by atoms with van der Waals surface area (Å²) in [4.78, 5) is 42.5. The Morgan fingerprint density at radius 2 is 1.71 bits per heavy atom. The van der Waals surface area contributed by atoms with Crippen LogP contribution >= 0.6 is 11.6 Å². The van der Waals surface area contributed by atoms with Gasteiger partial charge in [-0.1, -0.05) is 17.7 Å². The number of carbonyl (C=O) groups is 1. The normalized spacial score (nSPS) is 16.8. The van der Waals surface area contributed by atoms with E-state index in [1.165, 1.54) is 49.8 Å². The number of benzene rings is 3. The third-order valence-corrected chi connectivity index (χ3v) is 12.0. The highest BCUT2D eigenvalue weighted by Gasteiger charge is 2.67. The lowest BCUT2D eigenvalue weighted by atomic mass is 10.0. The molecule has 0 aliphatic heterocycles. The van der Waals surface area contributed by atoms with Gasteiger partial charge in [0.05, 0.1) is 64.3 Å². The van der Waals surface area contributed by atoms with E-state index in [9.17, 15) is 39.6 Å². The number of halogens is 9. The number of amides is 1. The standard InChI is InChI=1S/C41H31ClF8N10O5S/c1-65-21-13-51-37(52-14-21)18-3-4-22-26(10-18)54-39(60(40(22)62)28-6-5-25(42)32-34(28)58(15-29(45)46)56-38(32)57-66(2,63)64)27(9-17-7-19(43)11-20(44)8-17)53-30(61)16-59-35-31(33(55-59)36(47)48)23-12-24(23)41(35,49)50/h3-8,10-11,13-14,23-24,27,29,36H,9,12,15-16H2,1-2H3,(H,53,61)(H,56,57)/t23-,24+,27-/m0/s1. The summed E-state index contributed by atoms with van der Waals surface area (Å²) >= 11 is 6.57. The maximum Gasteiger partial charge on any atom is 0.293 e. The minimum atomic E-state index is -4.14. The van der Waals surface area contributed by atoms with Crippen molar-refractivity contribution in [3.63, 3.8) is 0 Å². The molecule has 7 aromatic rings. The molecule has 25 heteroatoms. The molecular weight excluding hydrogens is 932 g/mol. The highest BCUT2D eigenvalue weighted by atomic mass is 35.5. The van der Waals surface area contributed by atoms with Crippen molar-refractivity contribution in [2.24, 2.45) is 5.92 Å². The lowest BCUT2D eigenvalue weighted by Crippen LogP contribution is -2.38. The first kappa shape index (κ1) is 44.5. The summed E-state index contributed by atoms with van der Waals surface area (Å²) in [6.07, 6.45) is -3.53. The predicted molar refractivity (Wildman–Crippen MR) is 221 cm³/mol. The summed E-state index contributed by atoms with van der Waals surface area (Å²) in [5, 5.41) is 9.72. The van der Waals surface area contributed by atoms with E-state index in [1.807, 2.05) is 0 Å². The van der Waals surface area contributed by atoms with Crippen LogP contribution in [0.5, 0.6) is 5.75 Å². The molecule has 0 spiro atoms. The van der Waals surface area contributed by atoms with Gasteiger partial charge in [-0.25, -0.2) is 49.7 Å². The van der Waals surface area contributed by atoms with Crippen molar-refractivity contribution in [2.45, 2.75) is 56.7 Å². The van der Waals surface area contributed by atoms with Crippen LogP contribution in [0.15, 0.2) is 65.7 Å². The van der Waals surface area contributed by atoms with Gasteiger partial charge in [0, 0.05) is 29.5 Å². The van der Waals surface area contributed by atoms with Crippen LogP contribution in [-0.4, -0.2) is 73.2 Å². The largest absolute Gasteiger partial charge is 0.494 e. The van der Waals surface area contributed by atoms with E-state index in [1.54, 1.807) is 0 Å². The van der Waals surface area contributed by atoms with Crippen LogP contribution in [0.2, 0.25) is 5.02 Å². The molecule has 4 heterocycles. The Hall–Kier alpha value is -6.69. The topological polar surface area (TPSA) is 181 Å². The van der Waals surface area contributed by atoms with Crippen LogP contribution in [0.3, 0.4) is 0 Å². The molecular formula is C41H31ClF8N10O5S. The van der Waals surface area contributed by atoms with Gasteiger partial charge in [-0.05, 0) is 54.3 Å². The van der Waals surface area contributed by atoms with Gasteiger partial charge in [0.25, 0.3) is 24.3 Å². The SMILES string of the molecule is COc1cnc(-c2ccc3c(=O)n(-c4ccc(Cl)c5c(NS(C)(=O)=O)nn(CC(F)F)c45)c([C@H](Cc4cc(F)cc(F)c4)NC(=O)Cn4nc(C(F)F)c5c4C(F)(F)[C@@H]4C[C@H]54)nc3c2)nc1. The summed E-state index contributed by atoms with van der Waals surface area (Å²) < 4.78 is 152. The molecule has 3 aromatic carbocycles. The van der Waals surface area contributed by atoms with Crippen LogP contribution < -0.4 is 20.3 Å². The first-order chi connectivity index (χ1) is 31.2. The van der Waals surface area contributed by atoms with Gasteiger partial charge in [0.15, 0.2) is 17.4 Å². The highest BCUT2D eigenvalue weighted by Crippen LogP contribution is 2.68. The number of aromatic nitrogens is 8. The van der Waals surface area contributed by atoms with E-state index in [4.69, 9.17) is 21.3 Å². The smallest absolute Gasteiger partial charge is 0.293 e. The maximum absolute atomic E-state index is 15.6. The Morgan fingerprint density at radius 3 is 2.36 bits per heavy atom. The van der Waals surface area contributed by atoms with Crippen LogP contribution in [0.25, 0.3) is 38.9 Å². The van der Waals surface area contributed by atoms with Crippen molar-refractivity contribution in [3.05, 3.63) is 116 Å². The van der Waals surface area contributed by atoms with Gasteiger partial charge < -0.3 is 10.1 Å². The van der Waals surface area contributed by atoms with Crippen molar-refractivity contribution in [3.8, 4) is 22.8 Å². The van der Waals surface area contributed by atoms with E-state index in [-0.39, 0.29) is 55.9 Å². The quantitative estimate of drug-likeness (QED) is 0.106. The molecule has 0 bridgehead atoms. The van der Waals surface area contributed by atoms with Crippen LogP contribution in [0.4, 0.5) is 40.9 Å². The second-order valence-electron chi connectivity index (χ2n) is 15.7. The molecule has 0 unspecified atom stereocenters. The monoisotopic (exact) mass is 962 g/mol. The lowest BCUT2D eigenvalue weighted by molar-refractivity contribution is -0.123. The van der Waals surface area contributed by atoms with E-state index in [0.717, 1.165) is 23.0 Å². The Morgan fingerprint density at radius 1 is 1.00 bits per heavy atom. The molecule has 344 valence electrons. The second kappa shape index (κ2) is 16.3. The first-order valence-corrected chi connectivity index (χ1v) is 21.9. The zero-order valence-electron chi connectivity index (χ0n) is 33.9. The molecule has 1 fully saturated rings. The molecule has 1 amide bonds. The number of sulfonamides is 1. The Bertz CT molecular complexity index is 3270. The summed E-state index contributed by atoms with van der Waals surface area (Å²) in [6, 6.07) is 7.25. The van der Waals surface area contributed by atoms with Crippen LogP contribution in [-0.2, 0) is 40.3 Å². The third-order valence-electron chi connectivity index (χ3n) is 11.1. The van der Waals surface area contributed by atoms with Gasteiger partial charge in [-0.15, -0.1) is 0 Å². The fourth-order valence-electron chi connectivity index (χ4n) is 8.46. The van der Waals surface area contributed by atoms with Crippen molar-refractivity contribution in [1.82, 2.24) is 44.4 Å². The number of nitrogens with zero attached hydrogens (tertiary/aromatic N) is 8. The average Bonchev–Trinajstić information content (AvgIpc) is 3.77. The Kier molecular flexibility index (Phi) is 11.0. The number of anilines is 1. The molecule has 0 radical (unpaired) electrons. The number of methoxy groups -OCH3 is 1. The Labute approximate surface area is 371 Å². The molecule has 66 heavy (non-hydrogen) atoms. The highest BCUT2D eigenvalue weighted by molar-refractivity contribution is 7.92. The third kappa shape index (κ3) is 8.04. The van der Waals surface area contributed by atoms with Crippen LogP contribution in [0, 0.1) is 17.6 Å². The lowest BCUT2D eigenvalue weighted by Gasteiger charge is -2.24. The summed E-state index contributed by atoms with van der Waals surface area (Å²) in [5.41, 5.74) is -3.65. The van der Waals surface area contributed by atoms with Crippen molar-refractivity contribution >= 4 is 55.2 Å². The number of nitrogens with one attached hydrogen (secondary N) is 2. The minimum absolute atomic E-state index is 0.0542. The molecule has 4 aromatic heterocycles. The molecule has 0 saturated heterocycles. The van der Waals surface area contributed by atoms with E-state index in [2.05, 4.69) is 30.2 Å². The van der Waals surface area contributed by atoms with Gasteiger partial charge in [-0.2, -0.15) is 19.0 Å². The van der Waals surface area contributed by atoms with Crippen LogP contribution in [0.1, 0.15) is 53.1 Å². The molecule has 9 rings (SSSR count). The number of rotatable bonds is 14. The molecule has 2 aliphatic rings. The minimum Gasteiger partial charge on any atom is -0.494 e.